The molecule has 1 aliphatic rings. The zero-order valence-electron chi connectivity index (χ0n) is 9.38. The number of hydrogen-bond donors (Lipinski definition) is 2. The highest BCUT2D eigenvalue weighted by atomic mass is 16.5. The number of nitrogens with one attached hydrogen (secondary N) is 1. The Labute approximate surface area is 86.8 Å². The van der Waals surface area contributed by atoms with Gasteiger partial charge in [-0.2, -0.15) is 0 Å². The third-order valence-electron chi connectivity index (χ3n) is 2.46. The molecule has 1 fully saturated rings. The predicted molar refractivity (Wildman–Crippen MR) is 57.4 cm³/mol. The summed E-state index contributed by atoms with van der Waals surface area (Å²) in [6.07, 6.45) is 5.24. The van der Waals surface area contributed by atoms with Gasteiger partial charge in [-0.05, 0) is 46.1 Å². The lowest BCUT2D eigenvalue weighted by molar-refractivity contribution is 0.0783. The Morgan fingerprint density at radius 2 is 2.29 bits per heavy atom. The van der Waals surface area contributed by atoms with Crippen molar-refractivity contribution in [2.24, 2.45) is 0 Å². The Hall–Kier alpha value is -0.120. The summed E-state index contributed by atoms with van der Waals surface area (Å²) in [4.78, 5) is 0. The number of hydrogen-bond acceptors (Lipinski definition) is 3. The van der Waals surface area contributed by atoms with Gasteiger partial charge in [0, 0.05) is 13.2 Å². The van der Waals surface area contributed by atoms with E-state index in [1.165, 1.54) is 12.8 Å². The standard InChI is InChI=1S/C11H23NO2/c1-11(2,13)9-12-7-3-5-10-6-4-8-14-10/h10,12-13H,3-9H2,1-2H3. The molecule has 1 rings (SSSR count). The molecule has 1 atom stereocenters. The Morgan fingerprint density at radius 1 is 1.50 bits per heavy atom. The minimum atomic E-state index is -0.593. The Kier molecular flexibility index (Phi) is 4.85. The molecule has 0 aliphatic carbocycles. The molecule has 0 radical (unpaired) electrons. The molecule has 0 aromatic rings. The molecule has 14 heavy (non-hydrogen) atoms. The second-order valence-electron chi connectivity index (χ2n) is 4.77. The first-order valence-corrected chi connectivity index (χ1v) is 5.63. The molecule has 0 spiro atoms. The fraction of sp³-hybridized carbons (Fsp3) is 1.00. The van der Waals surface area contributed by atoms with Crippen LogP contribution in [0, 0.1) is 0 Å². The molecule has 0 bridgehead atoms. The van der Waals surface area contributed by atoms with E-state index in [1.54, 1.807) is 0 Å². The lowest BCUT2D eigenvalue weighted by Crippen LogP contribution is -2.35. The van der Waals surface area contributed by atoms with Gasteiger partial charge in [0.2, 0.25) is 0 Å². The second-order valence-corrected chi connectivity index (χ2v) is 4.77. The Balaban J connectivity index is 1.89. The first-order chi connectivity index (χ1) is 6.58. The first kappa shape index (κ1) is 12.0. The zero-order valence-corrected chi connectivity index (χ0v) is 9.38. The molecule has 0 aromatic carbocycles. The average Bonchev–Trinajstić information content (AvgIpc) is 2.54. The average molecular weight is 201 g/mol. The summed E-state index contributed by atoms with van der Waals surface area (Å²) in [5.74, 6) is 0. The highest BCUT2D eigenvalue weighted by Crippen LogP contribution is 2.16. The van der Waals surface area contributed by atoms with Crippen LogP contribution in [0.4, 0.5) is 0 Å². The largest absolute Gasteiger partial charge is 0.389 e. The molecule has 3 nitrogen and oxygen atoms in total. The molecule has 0 aromatic heterocycles. The molecule has 0 amide bonds. The molecule has 3 heteroatoms. The Bertz CT molecular complexity index is 148. The van der Waals surface area contributed by atoms with Crippen molar-refractivity contribution in [3.05, 3.63) is 0 Å². The van der Waals surface area contributed by atoms with Gasteiger partial charge in [-0.3, -0.25) is 0 Å². The van der Waals surface area contributed by atoms with Crippen LogP contribution in [0.3, 0.4) is 0 Å². The maximum Gasteiger partial charge on any atom is 0.0715 e. The lowest BCUT2D eigenvalue weighted by Gasteiger charge is -2.18. The quantitative estimate of drug-likeness (QED) is 0.637. The Morgan fingerprint density at radius 3 is 2.86 bits per heavy atom. The third-order valence-corrected chi connectivity index (χ3v) is 2.46. The van der Waals surface area contributed by atoms with Crippen molar-refractivity contribution < 1.29 is 9.84 Å². The van der Waals surface area contributed by atoms with Crippen molar-refractivity contribution >= 4 is 0 Å². The maximum absolute atomic E-state index is 9.44. The van der Waals surface area contributed by atoms with E-state index in [4.69, 9.17) is 4.74 Å². The topological polar surface area (TPSA) is 41.5 Å². The van der Waals surface area contributed by atoms with Crippen LogP contribution in [0.1, 0.15) is 39.5 Å². The van der Waals surface area contributed by atoms with Gasteiger partial charge in [0.25, 0.3) is 0 Å². The van der Waals surface area contributed by atoms with Crippen LogP contribution in [0.5, 0.6) is 0 Å². The number of aliphatic hydroxyl groups is 1. The molecule has 1 unspecified atom stereocenters. The minimum Gasteiger partial charge on any atom is -0.389 e. The van der Waals surface area contributed by atoms with Crippen LogP contribution in [0.2, 0.25) is 0 Å². The van der Waals surface area contributed by atoms with Crippen molar-refractivity contribution in [2.75, 3.05) is 19.7 Å². The van der Waals surface area contributed by atoms with Gasteiger partial charge in [0.1, 0.15) is 0 Å². The molecule has 1 heterocycles. The SMILES string of the molecule is CC(C)(O)CNCCCC1CCCO1. The van der Waals surface area contributed by atoms with Gasteiger partial charge in [0.15, 0.2) is 0 Å². The van der Waals surface area contributed by atoms with E-state index < -0.39 is 5.60 Å². The summed E-state index contributed by atoms with van der Waals surface area (Å²) in [6.45, 7) is 6.23. The van der Waals surface area contributed by atoms with Gasteiger partial charge in [0.05, 0.1) is 11.7 Å². The highest BCUT2D eigenvalue weighted by Gasteiger charge is 2.15. The lowest BCUT2D eigenvalue weighted by atomic mass is 10.1. The van der Waals surface area contributed by atoms with Crippen LogP contribution in [-0.2, 0) is 4.74 Å². The van der Waals surface area contributed by atoms with E-state index in [9.17, 15) is 5.11 Å². The van der Waals surface area contributed by atoms with Gasteiger partial charge < -0.3 is 15.2 Å². The molecule has 1 aliphatic heterocycles. The normalized spacial score (nSPS) is 22.9. The zero-order chi connectivity index (χ0) is 10.4. The van der Waals surface area contributed by atoms with Gasteiger partial charge in [-0.25, -0.2) is 0 Å². The number of ether oxygens (including phenoxy) is 1. The summed E-state index contributed by atoms with van der Waals surface area (Å²) in [6, 6.07) is 0. The van der Waals surface area contributed by atoms with E-state index in [2.05, 4.69) is 5.32 Å². The fourth-order valence-electron chi connectivity index (χ4n) is 1.72. The van der Waals surface area contributed by atoms with Crippen LogP contribution in [-0.4, -0.2) is 36.5 Å². The van der Waals surface area contributed by atoms with E-state index in [0.29, 0.717) is 12.6 Å². The van der Waals surface area contributed by atoms with E-state index in [1.807, 2.05) is 13.8 Å². The molecule has 1 saturated heterocycles. The second kappa shape index (κ2) is 5.69. The summed E-state index contributed by atoms with van der Waals surface area (Å²) in [5.41, 5.74) is -0.593. The molecule has 2 N–H and O–H groups in total. The van der Waals surface area contributed by atoms with Crippen LogP contribution >= 0.6 is 0 Å². The number of rotatable bonds is 6. The van der Waals surface area contributed by atoms with E-state index in [0.717, 1.165) is 26.0 Å². The summed E-state index contributed by atoms with van der Waals surface area (Å²) >= 11 is 0. The molecular formula is C11H23NO2. The van der Waals surface area contributed by atoms with Crippen LogP contribution in [0.25, 0.3) is 0 Å². The van der Waals surface area contributed by atoms with Gasteiger partial charge >= 0.3 is 0 Å². The van der Waals surface area contributed by atoms with E-state index >= 15 is 0 Å². The van der Waals surface area contributed by atoms with E-state index in [-0.39, 0.29) is 0 Å². The van der Waals surface area contributed by atoms with Gasteiger partial charge in [-0.15, -0.1) is 0 Å². The summed E-state index contributed by atoms with van der Waals surface area (Å²) < 4.78 is 5.52. The summed E-state index contributed by atoms with van der Waals surface area (Å²) in [7, 11) is 0. The molecule has 84 valence electrons. The van der Waals surface area contributed by atoms with Crippen LogP contribution < -0.4 is 5.32 Å². The van der Waals surface area contributed by atoms with Crippen molar-refractivity contribution in [1.29, 1.82) is 0 Å². The monoisotopic (exact) mass is 201 g/mol. The highest BCUT2D eigenvalue weighted by molar-refractivity contribution is 4.69. The van der Waals surface area contributed by atoms with Crippen molar-refractivity contribution in [2.45, 2.75) is 51.2 Å². The third kappa shape index (κ3) is 5.58. The van der Waals surface area contributed by atoms with Crippen LogP contribution in [0.15, 0.2) is 0 Å². The van der Waals surface area contributed by atoms with Crippen molar-refractivity contribution in [3.8, 4) is 0 Å². The predicted octanol–water partition coefficient (Wildman–Crippen LogP) is 1.31. The molecule has 0 saturated carbocycles. The summed E-state index contributed by atoms with van der Waals surface area (Å²) in [5, 5.41) is 12.7. The van der Waals surface area contributed by atoms with Crippen molar-refractivity contribution in [1.82, 2.24) is 5.32 Å². The maximum atomic E-state index is 9.44. The smallest absolute Gasteiger partial charge is 0.0715 e. The first-order valence-electron chi connectivity index (χ1n) is 5.63. The van der Waals surface area contributed by atoms with Gasteiger partial charge in [-0.1, -0.05) is 0 Å². The van der Waals surface area contributed by atoms with Crippen molar-refractivity contribution in [3.63, 3.8) is 0 Å². The molecular weight excluding hydrogens is 178 g/mol. The fourth-order valence-corrected chi connectivity index (χ4v) is 1.72. The minimum absolute atomic E-state index is 0.499.